The Kier molecular flexibility index (Phi) is 3.89. The number of benzene rings is 2. The van der Waals surface area contributed by atoms with Crippen LogP contribution in [-0.4, -0.2) is 5.78 Å². The Labute approximate surface area is 128 Å². The lowest BCUT2D eigenvalue weighted by Gasteiger charge is -2.22. The van der Waals surface area contributed by atoms with E-state index in [0.717, 1.165) is 23.1 Å². The van der Waals surface area contributed by atoms with Gasteiger partial charge < -0.3 is 0 Å². The monoisotopic (exact) mass is 300 g/mol. The second-order valence-electron chi connectivity index (χ2n) is 5.30. The molecule has 0 aromatic heterocycles. The van der Waals surface area contributed by atoms with Crippen LogP contribution in [0.3, 0.4) is 0 Å². The summed E-state index contributed by atoms with van der Waals surface area (Å²) in [6.07, 6.45) is 2.93. The van der Waals surface area contributed by atoms with Crippen molar-refractivity contribution >= 4 is 23.0 Å². The molecule has 3 heteroatoms. The van der Waals surface area contributed by atoms with E-state index in [2.05, 4.69) is 0 Å². The van der Waals surface area contributed by atoms with Crippen LogP contribution >= 0.6 is 11.6 Å². The fourth-order valence-corrected chi connectivity index (χ4v) is 2.94. The Bertz CT molecular complexity index is 703. The Hall–Kier alpha value is -1.93. The van der Waals surface area contributed by atoms with Crippen LogP contribution in [0.15, 0.2) is 54.6 Å². The van der Waals surface area contributed by atoms with Crippen molar-refractivity contribution in [2.75, 3.05) is 0 Å². The van der Waals surface area contributed by atoms with Crippen LogP contribution in [-0.2, 0) is 4.79 Å². The summed E-state index contributed by atoms with van der Waals surface area (Å²) in [7, 11) is 0. The van der Waals surface area contributed by atoms with Crippen molar-refractivity contribution in [2.45, 2.75) is 18.8 Å². The summed E-state index contributed by atoms with van der Waals surface area (Å²) in [5.74, 6) is -0.0610. The van der Waals surface area contributed by atoms with Crippen molar-refractivity contribution in [1.29, 1.82) is 0 Å². The smallest absolute Gasteiger partial charge is 0.156 e. The maximum absolute atomic E-state index is 13.0. The van der Waals surface area contributed by atoms with Gasteiger partial charge in [0.25, 0.3) is 0 Å². The minimum atomic E-state index is -0.258. The van der Waals surface area contributed by atoms with E-state index in [1.165, 1.54) is 12.1 Å². The number of halogens is 2. The molecule has 106 valence electrons. The first-order valence-corrected chi connectivity index (χ1v) is 7.24. The molecule has 0 spiro atoms. The minimum absolute atomic E-state index is 0.0945. The molecule has 3 rings (SSSR count). The molecule has 1 aliphatic carbocycles. The molecule has 1 nitrogen and oxygen atoms in total. The second kappa shape index (κ2) is 5.82. The summed E-state index contributed by atoms with van der Waals surface area (Å²) in [5, 5.41) is 0.657. The average Bonchev–Trinajstić information content (AvgIpc) is 2.47. The molecule has 2 aromatic rings. The minimum Gasteiger partial charge on any atom is -0.295 e. The predicted molar refractivity (Wildman–Crippen MR) is 82.8 cm³/mol. The lowest BCUT2D eigenvalue weighted by Crippen LogP contribution is -2.12. The Morgan fingerprint density at radius 1 is 1.05 bits per heavy atom. The van der Waals surface area contributed by atoms with Gasteiger partial charge in [0.05, 0.1) is 0 Å². The highest BCUT2D eigenvalue weighted by Crippen LogP contribution is 2.36. The van der Waals surface area contributed by atoms with E-state index in [4.69, 9.17) is 11.6 Å². The molecule has 1 aliphatic rings. The van der Waals surface area contributed by atoms with Crippen molar-refractivity contribution in [3.05, 3.63) is 76.6 Å². The molecule has 21 heavy (non-hydrogen) atoms. The van der Waals surface area contributed by atoms with Crippen molar-refractivity contribution in [3.8, 4) is 0 Å². The van der Waals surface area contributed by atoms with Crippen LogP contribution in [0, 0.1) is 5.82 Å². The Balaban J connectivity index is 1.90. The number of rotatable bonds is 2. The molecule has 0 N–H and O–H groups in total. The lowest BCUT2D eigenvalue weighted by atomic mass is 9.81. The standard InChI is InChI=1S/C18H14ClFO/c19-16-3-1-2-13(9-16)15-8-14(10-18(21)11-15)12-4-6-17(20)7-5-12/h1-7,9,11,14H,8,10H2/t14-/m1/s1. The summed E-state index contributed by atoms with van der Waals surface area (Å²) in [4.78, 5) is 12.0. The number of hydrogen-bond acceptors (Lipinski definition) is 1. The fraction of sp³-hybridized carbons (Fsp3) is 0.167. The maximum Gasteiger partial charge on any atom is 0.156 e. The molecule has 1 atom stereocenters. The second-order valence-corrected chi connectivity index (χ2v) is 5.74. The zero-order valence-corrected chi connectivity index (χ0v) is 12.1. The summed E-state index contributed by atoms with van der Waals surface area (Å²) >= 11 is 6.02. The molecule has 0 amide bonds. The van der Waals surface area contributed by atoms with Gasteiger partial charge in [-0.2, -0.15) is 0 Å². The molecule has 0 unspecified atom stereocenters. The zero-order valence-electron chi connectivity index (χ0n) is 11.4. The summed E-state index contributed by atoms with van der Waals surface area (Å²) in [5.41, 5.74) is 2.96. The number of hydrogen-bond donors (Lipinski definition) is 0. The van der Waals surface area contributed by atoms with E-state index in [1.807, 2.05) is 24.3 Å². The zero-order chi connectivity index (χ0) is 14.8. The first-order chi connectivity index (χ1) is 10.1. The van der Waals surface area contributed by atoms with Crippen molar-refractivity contribution in [1.82, 2.24) is 0 Å². The van der Waals surface area contributed by atoms with Crippen LogP contribution < -0.4 is 0 Å². The van der Waals surface area contributed by atoms with Crippen molar-refractivity contribution < 1.29 is 9.18 Å². The molecule has 0 saturated heterocycles. The molecule has 0 heterocycles. The Morgan fingerprint density at radius 3 is 2.52 bits per heavy atom. The van der Waals surface area contributed by atoms with Crippen LogP contribution in [0.5, 0.6) is 0 Å². The van der Waals surface area contributed by atoms with E-state index in [0.29, 0.717) is 11.4 Å². The molecule has 0 fully saturated rings. The molecular weight excluding hydrogens is 287 g/mol. The van der Waals surface area contributed by atoms with Gasteiger partial charge >= 0.3 is 0 Å². The fourth-order valence-electron chi connectivity index (χ4n) is 2.75. The predicted octanol–water partition coefficient (Wildman–Crippen LogP) is 5.01. The molecular formula is C18H14ClFO. The molecule has 0 radical (unpaired) electrons. The van der Waals surface area contributed by atoms with Gasteiger partial charge in [0.15, 0.2) is 5.78 Å². The number of carbonyl (C=O) groups is 1. The van der Waals surface area contributed by atoms with E-state index < -0.39 is 0 Å². The highest BCUT2D eigenvalue weighted by atomic mass is 35.5. The van der Waals surface area contributed by atoms with Gasteiger partial charge in [0.2, 0.25) is 0 Å². The van der Waals surface area contributed by atoms with Gasteiger partial charge in [-0.25, -0.2) is 4.39 Å². The molecule has 0 saturated carbocycles. The van der Waals surface area contributed by atoms with E-state index in [1.54, 1.807) is 18.2 Å². The third-order valence-electron chi connectivity index (χ3n) is 3.79. The number of ketones is 1. The number of allylic oxidation sites excluding steroid dienone is 2. The van der Waals surface area contributed by atoms with E-state index in [9.17, 15) is 9.18 Å². The summed E-state index contributed by atoms with van der Waals surface area (Å²) in [6.45, 7) is 0. The van der Waals surface area contributed by atoms with Gasteiger partial charge in [-0.05, 0) is 59.4 Å². The molecule has 2 aromatic carbocycles. The molecule has 0 aliphatic heterocycles. The van der Waals surface area contributed by atoms with Crippen molar-refractivity contribution in [3.63, 3.8) is 0 Å². The quantitative estimate of drug-likeness (QED) is 0.762. The van der Waals surface area contributed by atoms with Crippen molar-refractivity contribution in [2.24, 2.45) is 0 Å². The SMILES string of the molecule is O=C1C=C(c2cccc(Cl)c2)C[C@@H](c2ccc(F)cc2)C1. The van der Waals surface area contributed by atoms with Gasteiger partial charge in [-0.3, -0.25) is 4.79 Å². The topological polar surface area (TPSA) is 17.1 Å². The number of carbonyl (C=O) groups excluding carboxylic acids is 1. The lowest BCUT2D eigenvalue weighted by molar-refractivity contribution is -0.115. The largest absolute Gasteiger partial charge is 0.295 e. The normalized spacial score (nSPS) is 18.5. The van der Waals surface area contributed by atoms with Gasteiger partial charge in [-0.1, -0.05) is 35.9 Å². The third kappa shape index (κ3) is 3.22. The first-order valence-electron chi connectivity index (χ1n) is 6.86. The summed E-state index contributed by atoms with van der Waals surface area (Å²) < 4.78 is 13.0. The maximum atomic E-state index is 13.0. The average molecular weight is 301 g/mol. The molecule has 0 bridgehead atoms. The van der Waals surface area contributed by atoms with Gasteiger partial charge in [0, 0.05) is 11.4 Å². The van der Waals surface area contributed by atoms with Crippen LogP contribution in [0.25, 0.3) is 5.57 Å². The van der Waals surface area contributed by atoms with Crippen LogP contribution in [0.2, 0.25) is 5.02 Å². The highest BCUT2D eigenvalue weighted by molar-refractivity contribution is 6.30. The third-order valence-corrected chi connectivity index (χ3v) is 4.02. The first kappa shape index (κ1) is 14.0. The van der Waals surface area contributed by atoms with Crippen LogP contribution in [0.1, 0.15) is 29.9 Å². The van der Waals surface area contributed by atoms with Gasteiger partial charge in [0.1, 0.15) is 5.82 Å². The van der Waals surface area contributed by atoms with Gasteiger partial charge in [-0.15, -0.1) is 0 Å². The van der Waals surface area contributed by atoms with E-state index in [-0.39, 0.29) is 17.5 Å². The van der Waals surface area contributed by atoms with E-state index >= 15 is 0 Å². The summed E-state index contributed by atoms with van der Waals surface area (Å²) in [6, 6.07) is 13.9. The van der Waals surface area contributed by atoms with Crippen LogP contribution in [0.4, 0.5) is 4.39 Å². The Morgan fingerprint density at radius 2 is 1.81 bits per heavy atom. The highest BCUT2D eigenvalue weighted by Gasteiger charge is 2.23.